The average Bonchev–Trinajstić information content (AvgIpc) is 3.12. The molecule has 1 aromatic heterocycles. The zero-order valence-corrected chi connectivity index (χ0v) is 17.0. The van der Waals surface area contributed by atoms with Crippen molar-refractivity contribution >= 4 is 5.91 Å². The number of hydrogen-bond acceptors (Lipinski definition) is 2. The molecule has 144 valence electrons. The second kappa shape index (κ2) is 7.27. The van der Waals surface area contributed by atoms with E-state index in [4.69, 9.17) is 5.10 Å². The Morgan fingerprint density at radius 2 is 1.71 bits per heavy atom. The molecular weight excluding hydrogens is 346 g/mol. The van der Waals surface area contributed by atoms with Gasteiger partial charge in [0.2, 0.25) is 0 Å². The zero-order chi connectivity index (χ0) is 19.8. The fourth-order valence-electron chi connectivity index (χ4n) is 4.12. The molecule has 1 atom stereocenters. The molecule has 0 radical (unpaired) electrons. The second-order valence-corrected chi connectivity index (χ2v) is 8.16. The smallest absolute Gasteiger partial charge is 0.273 e. The van der Waals surface area contributed by atoms with Crippen molar-refractivity contribution in [2.45, 2.75) is 39.8 Å². The normalized spacial score (nSPS) is 16.1. The molecule has 2 heterocycles. The first-order chi connectivity index (χ1) is 13.5. The van der Waals surface area contributed by atoms with Crippen LogP contribution in [0.15, 0.2) is 54.6 Å². The largest absolute Gasteiger partial charge is 0.322 e. The summed E-state index contributed by atoms with van der Waals surface area (Å²) in [4.78, 5) is 15.4. The number of carbonyl (C=O) groups excluding carboxylic acids is 1. The quantitative estimate of drug-likeness (QED) is 0.652. The lowest BCUT2D eigenvalue weighted by molar-refractivity contribution is 0.0725. The van der Waals surface area contributed by atoms with Crippen LogP contribution in [-0.4, -0.2) is 20.6 Å². The summed E-state index contributed by atoms with van der Waals surface area (Å²) >= 11 is 0. The minimum Gasteiger partial charge on any atom is -0.322 e. The van der Waals surface area contributed by atoms with E-state index >= 15 is 0 Å². The van der Waals surface area contributed by atoms with Gasteiger partial charge in [0.25, 0.3) is 5.91 Å². The van der Waals surface area contributed by atoms with E-state index in [2.05, 4.69) is 57.2 Å². The van der Waals surface area contributed by atoms with Crippen molar-refractivity contribution in [2.75, 3.05) is 0 Å². The molecule has 4 heteroatoms. The highest BCUT2D eigenvalue weighted by molar-refractivity contribution is 5.98. The Morgan fingerprint density at radius 1 is 1.04 bits per heavy atom. The number of aryl methyl sites for hydroxylation is 2. The summed E-state index contributed by atoms with van der Waals surface area (Å²) in [6, 6.07) is 18.7. The molecular formula is C24H27N3O. The van der Waals surface area contributed by atoms with Crippen LogP contribution in [0.1, 0.15) is 58.3 Å². The number of hydrogen-bond donors (Lipinski definition) is 0. The lowest BCUT2D eigenvalue weighted by atomic mass is 9.94. The third-order valence-corrected chi connectivity index (χ3v) is 5.40. The van der Waals surface area contributed by atoms with Gasteiger partial charge in [0.05, 0.1) is 11.7 Å². The number of aromatic nitrogens is 2. The number of carbonyl (C=O) groups is 1. The van der Waals surface area contributed by atoms with Crippen molar-refractivity contribution in [3.05, 3.63) is 88.2 Å². The third-order valence-electron chi connectivity index (χ3n) is 5.40. The molecule has 0 N–H and O–H groups in total. The Labute approximate surface area is 166 Å². The number of fused-ring (bicyclic) bond motifs is 1. The van der Waals surface area contributed by atoms with Crippen LogP contribution in [0.2, 0.25) is 0 Å². The van der Waals surface area contributed by atoms with Crippen LogP contribution < -0.4 is 0 Å². The summed E-state index contributed by atoms with van der Waals surface area (Å²) in [5, 5.41) is 4.73. The molecule has 0 spiro atoms. The molecule has 4 nitrogen and oxygen atoms in total. The Bertz CT molecular complexity index is 987. The van der Waals surface area contributed by atoms with E-state index in [1.54, 1.807) is 4.68 Å². The van der Waals surface area contributed by atoms with Gasteiger partial charge in [-0.2, -0.15) is 5.10 Å². The summed E-state index contributed by atoms with van der Waals surface area (Å²) in [7, 11) is 1.89. The van der Waals surface area contributed by atoms with Crippen LogP contribution >= 0.6 is 0 Å². The van der Waals surface area contributed by atoms with Gasteiger partial charge in [0, 0.05) is 19.2 Å². The van der Waals surface area contributed by atoms with Gasteiger partial charge in [0.1, 0.15) is 5.69 Å². The van der Waals surface area contributed by atoms with Crippen molar-refractivity contribution in [3.8, 4) is 0 Å². The first-order valence-corrected chi connectivity index (χ1v) is 9.93. The zero-order valence-electron chi connectivity index (χ0n) is 17.0. The summed E-state index contributed by atoms with van der Waals surface area (Å²) < 4.78 is 1.78. The number of benzene rings is 2. The van der Waals surface area contributed by atoms with E-state index in [1.165, 1.54) is 5.56 Å². The predicted molar refractivity (Wildman–Crippen MR) is 111 cm³/mol. The molecule has 0 saturated heterocycles. The Morgan fingerprint density at radius 3 is 2.36 bits per heavy atom. The van der Waals surface area contributed by atoms with Crippen molar-refractivity contribution in [1.82, 2.24) is 14.7 Å². The fourth-order valence-corrected chi connectivity index (χ4v) is 4.12. The molecule has 1 aliphatic rings. The number of nitrogens with zero attached hydrogens (tertiary/aromatic N) is 3. The summed E-state index contributed by atoms with van der Waals surface area (Å²) in [6.07, 6.45) is 0.873. The predicted octanol–water partition coefficient (Wildman–Crippen LogP) is 4.67. The van der Waals surface area contributed by atoms with E-state index in [9.17, 15) is 4.79 Å². The van der Waals surface area contributed by atoms with E-state index in [0.717, 1.165) is 34.5 Å². The van der Waals surface area contributed by atoms with Gasteiger partial charge in [-0.15, -0.1) is 0 Å². The maximum atomic E-state index is 13.4. The van der Waals surface area contributed by atoms with Gasteiger partial charge in [-0.3, -0.25) is 9.48 Å². The molecule has 4 rings (SSSR count). The van der Waals surface area contributed by atoms with E-state index in [1.807, 2.05) is 30.1 Å². The summed E-state index contributed by atoms with van der Waals surface area (Å²) in [6.45, 7) is 7.07. The fraction of sp³-hybridized carbons (Fsp3) is 0.333. The Balaban J connectivity index is 1.84. The van der Waals surface area contributed by atoms with Crippen LogP contribution in [0.4, 0.5) is 0 Å². The van der Waals surface area contributed by atoms with Crippen LogP contribution in [0.3, 0.4) is 0 Å². The molecule has 0 aliphatic carbocycles. The maximum absolute atomic E-state index is 13.4. The monoisotopic (exact) mass is 373 g/mol. The van der Waals surface area contributed by atoms with Gasteiger partial charge in [-0.25, -0.2) is 0 Å². The Kier molecular flexibility index (Phi) is 4.80. The van der Waals surface area contributed by atoms with Gasteiger partial charge in [-0.1, -0.05) is 74.0 Å². The highest BCUT2D eigenvalue weighted by atomic mass is 16.2. The molecule has 1 unspecified atom stereocenters. The summed E-state index contributed by atoms with van der Waals surface area (Å²) in [5.74, 6) is 0.547. The van der Waals surface area contributed by atoms with Crippen molar-refractivity contribution in [1.29, 1.82) is 0 Å². The van der Waals surface area contributed by atoms with Gasteiger partial charge in [-0.05, 0) is 30.4 Å². The topological polar surface area (TPSA) is 38.1 Å². The molecule has 1 amide bonds. The highest BCUT2D eigenvalue weighted by Gasteiger charge is 2.42. The van der Waals surface area contributed by atoms with Crippen molar-refractivity contribution < 1.29 is 4.79 Å². The van der Waals surface area contributed by atoms with Gasteiger partial charge < -0.3 is 4.90 Å². The molecule has 0 saturated carbocycles. The SMILES string of the molecule is Cc1ccc(C2c3c(CC(C)C)nn(C)c3C(=O)N2Cc2ccccc2)cc1. The third kappa shape index (κ3) is 3.24. The van der Waals surface area contributed by atoms with E-state index < -0.39 is 0 Å². The number of rotatable bonds is 5. The molecule has 0 fully saturated rings. The molecule has 3 aromatic rings. The van der Waals surface area contributed by atoms with Crippen LogP contribution in [0.5, 0.6) is 0 Å². The first-order valence-electron chi connectivity index (χ1n) is 9.93. The van der Waals surface area contributed by atoms with Crippen molar-refractivity contribution in [3.63, 3.8) is 0 Å². The standard InChI is InChI=1S/C24H27N3O/c1-16(2)14-20-21-22(19-12-10-17(3)11-13-19)27(15-18-8-6-5-7-9-18)24(28)23(21)26(4)25-20/h5-13,16,22H,14-15H2,1-4H3. The van der Waals surface area contributed by atoms with Gasteiger partial charge >= 0.3 is 0 Å². The van der Waals surface area contributed by atoms with Crippen molar-refractivity contribution in [2.24, 2.45) is 13.0 Å². The van der Waals surface area contributed by atoms with Crippen LogP contribution in [0, 0.1) is 12.8 Å². The Hall–Kier alpha value is -2.88. The van der Waals surface area contributed by atoms with E-state index in [0.29, 0.717) is 12.5 Å². The molecule has 28 heavy (non-hydrogen) atoms. The average molecular weight is 374 g/mol. The second-order valence-electron chi connectivity index (χ2n) is 8.16. The maximum Gasteiger partial charge on any atom is 0.273 e. The lowest BCUT2D eigenvalue weighted by Crippen LogP contribution is -2.30. The number of amides is 1. The summed E-state index contributed by atoms with van der Waals surface area (Å²) in [5.41, 5.74) is 6.36. The molecule has 0 bridgehead atoms. The molecule has 1 aliphatic heterocycles. The highest BCUT2D eigenvalue weighted by Crippen LogP contribution is 2.41. The van der Waals surface area contributed by atoms with Crippen LogP contribution in [0.25, 0.3) is 0 Å². The minimum atomic E-state index is -0.0919. The first kappa shape index (κ1) is 18.5. The van der Waals surface area contributed by atoms with Gasteiger partial charge in [0.15, 0.2) is 0 Å². The lowest BCUT2D eigenvalue weighted by Gasteiger charge is -2.27. The molecule has 2 aromatic carbocycles. The van der Waals surface area contributed by atoms with E-state index in [-0.39, 0.29) is 11.9 Å². The minimum absolute atomic E-state index is 0.0643. The van der Waals surface area contributed by atoms with Crippen LogP contribution in [-0.2, 0) is 20.0 Å².